The number of aromatic nitrogens is 4. The van der Waals surface area contributed by atoms with Crippen LogP contribution in [0.1, 0.15) is 58.4 Å². The molecule has 0 radical (unpaired) electrons. The topological polar surface area (TPSA) is 93.0 Å². The average molecular weight is 399 g/mol. The first-order valence-corrected chi connectivity index (χ1v) is 10.5. The number of nitrogens with zero attached hydrogens (tertiary/aromatic N) is 3. The highest BCUT2D eigenvalue weighted by molar-refractivity contribution is 5.74. The van der Waals surface area contributed by atoms with Gasteiger partial charge in [0.1, 0.15) is 11.6 Å². The van der Waals surface area contributed by atoms with Gasteiger partial charge in [-0.15, -0.1) is 0 Å². The van der Waals surface area contributed by atoms with Gasteiger partial charge < -0.3 is 19.4 Å². The molecule has 7 nitrogen and oxygen atoms in total. The van der Waals surface area contributed by atoms with E-state index in [0.29, 0.717) is 23.8 Å². The fourth-order valence-corrected chi connectivity index (χ4v) is 3.45. The summed E-state index contributed by atoms with van der Waals surface area (Å²) in [6, 6.07) is 7.39. The lowest BCUT2D eigenvalue weighted by atomic mass is 10.1. The van der Waals surface area contributed by atoms with Gasteiger partial charge in [-0.2, -0.15) is 0 Å². The lowest BCUT2D eigenvalue weighted by Crippen LogP contribution is -2.16. The highest BCUT2D eigenvalue weighted by atomic mass is 16.5. The number of fused-ring (bicyclic) bond motifs is 1. The van der Waals surface area contributed by atoms with E-state index in [1.165, 1.54) is 6.42 Å². The third kappa shape index (κ3) is 4.85. The molecule has 1 unspecified atom stereocenters. The van der Waals surface area contributed by atoms with Gasteiger partial charge in [-0.25, -0.2) is 9.97 Å². The van der Waals surface area contributed by atoms with E-state index in [-0.39, 0.29) is 23.7 Å². The fourth-order valence-electron chi connectivity index (χ4n) is 3.45. The lowest BCUT2D eigenvalue weighted by Gasteiger charge is -2.16. The van der Waals surface area contributed by atoms with Crippen molar-refractivity contribution in [3.63, 3.8) is 0 Å². The number of aliphatic hydroxyl groups is 1. The Morgan fingerprint density at radius 2 is 2.00 bits per heavy atom. The van der Waals surface area contributed by atoms with Gasteiger partial charge in [-0.1, -0.05) is 51.7 Å². The number of imidazole rings is 1. The molecule has 0 aliphatic rings. The van der Waals surface area contributed by atoms with Gasteiger partial charge in [0.15, 0.2) is 11.2 Å². The highest BCUT2D eigenvalue weighted by Gasteiger charge is 2.18. The Kier molecular flexibility index (Phi) is 7.41. The van der Waals surface area contributed by atoms with Crippen LogP contribution >= 0.6 is 0 Å². The third-order valence-corrected chi connectivity index (χ3v) is 5.03. The van der Waals surface area contributed by atoms with Crippen LogP contribution in [0.3, 0.4) is 0 Å². The normalized spacial score (nSPS) is 12.4. The molecule has 1 aromatic carbocycles. The van der Waals surface area contributed by atoms with Gasteiger partial charge in [-0.05, 0) is 25.0 Å². The molecule has 0 saturated carbocycles. The van der Waals surface area contributed by atoms with E-state index in [9.17, 15) is 9.90 Å². The molecule has 2 aromatic heterocycles. The number of unbranched alkanes of at least 4 members (excludes halogenated alkanes) is 3. The van der Waals surface area contributed by atoms with Crippen LogP contribution in [0, 0.1) is 0 Å². The smallest absolute Gasteiger partial charge is 0.279 e. The van der Waals surface area contributed by atoms with Crippen molar-refractivity contribution in [2.75, 3.05) is 13.2 Å². The van der Waals surface area contributed by atoms with E-state index in [1.807, 2.05) is 35.8 Å². The summed E-state index contributed by atoms with van der Waals surface area (Å²) in [5.41, 5.74) is 1.21. The molecule has 0 aliphatic heterocycles. The molecule has 0 amide bonds. The Labute approximate surface area is 170 Å². The van der Waals surface area contributed by atoms with Crippen molar-refractivity contribution in [1.82, 2.24) is 19.5 Å². The van der Waals surface area contributed by atoms with E-state index in [2.05, 4.69) is 16.9 Å². The van der Waals surface area contributed by atoms with Crippen LogP contribution in [0.2, 0.25) is 0 Å². The maximum absolute atomic E-state index is 12.6. The summed E-state index contributed by atoms with van der Waals surface area (Å²) >= 11 is 0. The zero-order chi connectivity index (χ0) is 20.6. The molecule has 2 N–H and O–H groups in total. The van der Waals surface area contributed by atoms with E-state index in [0.717, 1.165) is 37.7 Å². The molecule has 0 bridgehead atoms. The number of benzene rings is 1. The number of H-pyrrole nitrogens is 1. The first kappa shape index (κ1) is 21.0. The number of aromatic amines is 1. The van der Waals surface area contributed by atoms with Crippen molar-refractivity contribution >= 4 is 11.2 Å². The zero-order valence-electron chi connectivity index (χ0n) is 17.2. The minimum atomic E-state index is -0.295. The van der Waals surface area contributed by atoms with Crippen LogP contribution in [0.15, 0.2) is 35.4 Å². The quantitative estimate of drug-likeness (QED) is 0.475. The predicted octanol–water partition coefficient (Wildman–Crippen LogP) is 4.08. The SMILES string of the molecule is CCCCCCC(CO)n1cnc2c(=O)[nH]c(-c3ccccc3OCCC)nc21. The minimum absolute atomic E-state index is 0.0163. The van der Waals surface area contributed by atoms with Crippen LogP contribution in [-0.2, 0) is 0 Å². The number of hydrogen-bond donors (Lipinski definition) is 2. The molecule has 1 atom stereocenters. The summed E-state index contributed by atoms with van der Waals surface area (Å²) in [6.07, 6.45) is 7.81. The van der Waals surface area contributed by atoms with Gasteiger partial charge in [0.05, 0.1) is 31.1 Å². The molecule has 3 aromatic rings. The highest BCUT2D eigenvalue weighted by Crippen LogP contribution is 2.28. The van der Waals surface area contributed by atoms with Crippen LogP contribution < -0.4 is 10.3 Å². The first-order chi connectivity index (χ1) is 14.2. The number of aliphatic hydroxyl groups excluding tert-OH is 1. The molecular weight excluding hydrogens is 368 g/mol. The van der Waals surface area contributed by atoms with Crippen molar-refractivity contribution in [3.05, 3.63) is 40.9 Å². The summed E-state index contributed by atoms with van der Waals surface area (Å²) in [4.78, 5) is 24.4. The Hall–Kier alpha value is -2.67. The molecule has 156 valence electrons. The summed E-state index contributed by atoms with van der Waals surface area (Å²) in [5.74, 6) is 1.12. The van der Waals surface area contributed by atoms with E-state index in [4.69, 9.17) is 9.72 Å². The van der Waals surface area contributed by atoms with Crippen LogP contribution in [0.25, 0.3) is 22.6 Å². The second-order valence-corrected chi connectivity index (χ2v) is 7.27. The van der Waals surface area contributed by atoms with Gasteiger partial charge in [0, 0.05) is 0 Å². The van der Waals surface area contributed by atoms with Crippen LogP contribution in [0.4, 0.5) is 0 Å². The zero-order valence-corrected chi connectivity index (χ0v) is 17.2. The molecule has 3 rings (SSSR count). The van der Waals surface area contributed by atoms with Crippen molar-refractivity contribution in [2.24, 2.45) is 0 Å². The van der Waals surface area contributed by atoms with Crippen molar-refractivity contribution in [3.8, 4) is 17.1 Å². The molecule has 0 saturated heterocycles. The monoisotopic (exact) mass is 398 g/mol. The molecule has 0 spiro atoms. The Bertz CT molecular complexity index is 980. The van der Waals surface area contributed by atoms with Gasteiger partial charge >= 0.3 is 0 Å². The van der Waals surface area contributed by atoms with E-state index in [1.54, 1.807) is 6.33 Å². The lowest BCUT2D eigenvalue weighted by molar-refractivity contribution is 0.219. The summed E-state index contributed by atoms with van der Waals surface area (Å²) in [5, 5.41) is 9.93. The Balaban J connectivity index is 1.98. The van der Waals surface area contributed by atoms with Crippen molar-refractivity contribution in [2.45, 2.75) is 58.4 Å². The first-order valence-electron chi connectivity index (χ1n) is 10.5. The van der Waals surface area contributed by atoms with Gasteiger partial charge in [0.25, 0.3) is 5.56 Å². The van der Waals surface area contributed by atoms with E-state index >= 15 is 0 Å². The predicted molar refractivity (Wildman–Crippen MR) is 114 cm³/mol. The molecule has 7 heteroatoms. The summed E-state index contributed by atoms with van der Waals surface area (Å²) < 4.78 is 7.65. The van der Waals surface area contributed by atoms with Gasteiger partial charge in [0.2, 0.25) is 0 Å². The maximum Gasteiger partial charge on any atom is 0.279 e. The Morgan fingerprint density at radius 3 is 2.76 bits per heavy atom. The van der Waals surface area contributed by atoms with E-state index < -0.39 is 0 Å². The number of ether oxygens (including phenoxy) is 1. The standard InChI is InChI=1S/C22H30N4O3/c1-3-5-6-7-10-16(14-27)26-15-23-19-21(26)24-20(25-22(19)28)17-11-8-9-12-18(17)29-13-4-2/h8-9,11-12,15-16,27H,3-7,10,13-14H2,1-2H3,(H,24,25,28). The van der Waals surface area contributed by atoms with Crippen LogP contribution in [-0.4, -0.2) is 37.8 Å². The molecular formula is C22H30N4O3. The molecule has 0 fully saturated rings. The number of para-hydroxylation sites is 1. The number of rotatable bonds is 11. The maximum atomic E-state index is 12.6. The second kappa shape index (κ2) is 10.2. The molecule has 2 heterocycles. The van der Waals surface area contributed by atoms with Crippen molar-refractivity contribution < 1.29 is 9.84 Å². The fraction of sp³-hybridized carbons (Fsp3) is 0.500. The largest absolute Gasteiger partial charge is 0.493 e. The summed E-state index contributed by atoms with van der Waals surface area (Å²) in [6.45, 7) is 4.79. The van der Waals surface area contributed by atoms with Crippen LogP contribution in [0.5, 0.6) is 5.75 Å². The third-order valence-electron chi connectivity index (χ3n) is 5.03. The second-order valence-electron chi connectivity index (χ2n) is 7.27. The average Bonchev–Trinajstić information content (AvgIpc) is 3.17. The number of hydrogen-bond acceptors (Lipinski definition) is 5. The summed E-state index contributed by atoms with van der Waals surface area (Å²) in [7, 11) is 0. The number of nitrogens with one attached hydrogen (secondary N) is 1. The minimum Gasteiger partial charge on any atom is -0.493 e. The van der Waals surface area contributed by atoms with Crippen molar-refractivity contribution in [1.29, 1.82) is 0 Å². The van der Waals surface area contributed by atoms with Gasteiger partial charge in [-0.3, -0.25) is 4.79 Å². The molecule has 0 aliphatic carbocycles. The Morgan fingerprint density at radius 1 is 1.17 bits per heavy atom. The molecule has 29 heavy (non-hydrogen) atoms.